The van der Waals surface area contributed by atoms with Crippen molar-refractivity contribution in [1.29, 1.82) is 0 Å². The van der Waals surface area contributed by atoms with Gasteiger partial charge in [-0.3, -0.25) is 0 Å². The normalized spacial score (nSPS) is 16.1. The maximum atomic E-state index is 11.4. The van der Waals surface area contributed by atoms with Crippen LogP contribution < -0.4 is 10.1 Å². The van der Waals surface area contributed by atoms with Crippen LogP contribution in [-0.2, 0) is 4.74 Å². The lowest BCUT2D eigenvalue weighted by molar-refractivity contribution is 0.0599. The Hall–Kier alpha value is -1.62. The van der Waals surface area contributed by atoms with E-state index in [0.29, 0.717) is 29.7 Å². The molecule has 104 valence electrons. The van der Waals surface area contributed by atoms with Gasteiger partial charge in [-0.15, -0.1) is 0 Å². The van der Waals surface area contributed by atoms with E-state index in [1.54, 1.807) is 19.1 Å². The molecule has 0 atom stereocenters. The van der Waals surface area contributed by atoms with Crippen LogP contribution >= 0.6 is 0 Å². The molecule has 0 saturated carbocycles. The number of methoxy groups -OCH3 is 1. The Bertz CT molecular complexity index is 442. The lowest BCUT2D eigenvalue weighted by atomic mass is 9.99. The highest BCUT2D eigenvalue weighted by Crippen LogP contribution is 2.17. The minimum Gasteiger partial charge on any atom is -0.477 e. The van der Waals surface area contributed by atoms with E-state index in [4.69, 9.17) is 4.74 Å². The average molecular weight is 264 g/mol. The highest BCUT2D eigenvalue weighted by molar-refractivity contribution is 5.90. The van der Waals surface area contributed by atoms with Crippen molar-refractivity contribution in [3.8, 4) is 5.88 Å². The van der Waals surface area contributed by atoms with Crippen LogP contribution in [0.25, 0.3) is 0 Å². The second-order valence-corrected chi connectivity index (χ2v) is 4.78. The number of piperidine rings is 1. The van der Waals surface area contributed by atoms with Crippen LogP contribution in [0.3, 0.4) is 0 Å². The van der Waals surface area contributed by atoms with Crippen LogP contribution in [0, 0.1) is 12.8 Å². The summed E-state index contributed by atoms with van der Waals surface area (Å²) in [4.78, 5) is 15.7. The summed E-state index contributed by atoms with van der Waals surface area (Å²) in [6, 6.07) is 3.42. The van der Waals surface area contributed by atoms with Crippen molar-refractivity contribution in [2.45, 2.75) is 19.8 Å². The molecular weight excluding hydrogens is 244 g/mol. The molecule has 0 amide bonds. The number of aryl methyl sites for hydroxylation is 1. The van der Waals surface area contributed by atoms with Crippen molar-refractivity contribution in [3.05, 3.63) is 23.4 Å². The summed E-state index contributed by atoms with van der Waals surface area (Å²) < 4.78 is 10.4. The third-order valence-electron chi connectivity index (χ3n) is 3.39. The van der Waals surface area contributed by atoms with Crippen molar-refractivity contribution >= 4 is 5.97 Å². The van der Waals surface area contributed by atoms with E-state index in [0.717, 1.165) is 25.9 Å². The van der Waals surface area contributed by atoms with Crippen LogP contribution in [0.4, 0.5) is 0 Å². The van der Waals surface area contributed by atoms with Crippen LogP contribution in [0.15, 0.2) is 12.1 Å². The van der Waals surface area contributed by atoms with Gasteiger partial charge in [0, 0.05) is 6.07 Å². The zero-order chi connectivity index (χ0) is 13.7. The molecule has 1 aromatic rings. The van der Waals surface area contributed by atoms with Gasteiger partial charge in [0.05, 0.1) is 25.0 Å². The van der Waals surface area contributed by atoms with Crippen molar-refractivity contribution in [2.75, 3.05) is 26.8 Å². The number of carbonyl (C=O) groups is 1. The van der Waals surface area contributed by atoms with Crippen molar-refractivity contribution < 1.29 is 14.3 Å². The first kappa shape index (κ1) is 13.8. The Morgan fingerprint density at radius 1 is 1.42 bits per heavy atom. The molecule has 2 rings (SSSR count). The molecule has 1 saturated heterocycles. The quantitative estimate of drug-likeness (QED) is 0.836. The van der Waals surface area contributed by atoms with E-state index in [2.05, 4.69) is 15.0 Å². The van der Waals surface area contributed by atoms with Crippen LogP contribution in [0.1, 0.15) is 28.9 Å². The number of ether oxygens (including phenoxy) is 2. The van der Waals surface area contributed by atoms with Gasteiger partial charge in [-0.25, -0.2) is 9.78 Å². The summed E-state index contributed by atoms with van der Waals surface area (Å²) in [6.45, 7) is 4.58. The molecule has 19 heavy (non-hydrogen) atoms. The van der Waals surface area contributed by atoms with Gasteiger partial charge in [0.25, 0.3) is 0 Å². The highest BCUT2D eigenvalue weighted by Gasteiger charge is 2.15. The highest BCUT2D eigenvalue weighted by atomic mass is 16.5. The Kier molecular flexibility index (Phi) is 4.74. The van der Waals surface area contributed by atoms with Crippen molar-refractivity contribution in [2.24, 2.45) is 5.92 Å². The Balaban J connectivity index is 1.94. The molecule has 0 aliphatic carbocycles. The molecular formula is C14H20N2O3. The van der Waals surface area contributed by atoms with Crippen LogP contribution in [-0.4, -0.2) is 37.8 Å². The zero-order valence-electron chi connectivity index (χ0n) is 11.4. The second kappa shape index (κ2) is 6.52. The molecule has 1 aromatic heterocycles. The minimum atomic E-state index is -0.366. The molecule has 0 spiro atoms. The molecule has 1 N–H and O–H groups in total. The van der Waals surface area contributed by atoms with Gasteiger partial charge in [0.15, 0.2) is 0 Å². The van der Waals surface area contributed by atoms with Crippen LogP contribution in [0.5, 0.6) is 5.88 Å². The first-order valence-electron chi connectivity index (χ1n) is 6.60. The van der Waals surface area contributed by atoms with E-state index in [9.17, 15) is 4.79 Å². The third-order valence-corrected chi connectivity index (χ3v) is 3.39. The SMILES string of the molecule is COC(=O)c1ccc(OCC2CCNCC2)nc1C. The van der Waals surface area contributed by atoms with E-state index in [1.807, 2.05) is 0 Å². The molecule has 1 aliphatic rings. The fraction of sp³-hybridized carbons (Fsp3) is 0.571. The first-order chi connectivity index (χ1) is 9.20. The lowest BCUT2D eigenvalue weighted by Gasteiger charge is -2.22. The molecule has 0 aromatic carbocycles. The molecule has 0 bridgehead atoms. The number of hydrogen-bond donors (Lipinski definition) is 1. The summed E-state index contributed by atoms with van der Waals surface area (Å²) in [5.74, 6) is 0.794. The largest absolute Gasteiger partial charge is 0.477 e. The number of nitrogens with one attached hydrogen (secondary N) is 1. The molecule has 5 heteroatoms. The van der Waals surface area contributed by atoms with Gasteiger partial charge in [0.2, 0.25) is 5.88 Å². The fourth-order valence-corrected chi connectivity index (χ4v) is 2.20. The van der Waals surface area contributed by atoms with Gasteiger partial charge < -0.3 is 14.8 Å². The number of carbonyl (C=O) groups excluding carboxylic acids is 1. The monoisotopic (exact) mass is 264 g/mol. The van der Waals surface area contributed by atoms with Crippen molar-refractivity contribution in [3.63, 3.8) is 0 Å². The number of hydrogen-bond acceptors (Lipinski definition) is 5. The standard InChI is InChI=1S/C14H20N2O3/c1-10-12(14(17)18-2)3-4-13(16-10)19-9-11-5-7-15-8-6-11/h3-4,11,15H,5-9H2,1-2H3. The number of rotatable bonds is 4. The molecule has 2 heterocycles. The first-order valence-corrected chi connectivity index (χ1v) is 6.60. The van der Waals surface area contributed by atoms with Gasteiger partial charge in [-0.1, -0.05) is 0 Å². The zero-order valence-corrected chi connectivity index (χ0v) is 11.4. The molecule has 1 aliphatic heterocycles. The van der Waals surface area contributed by atoms with Gasteiger partial charge >= 0.3 is 5.97 Å². The Morgan fingerprint density at radius 3 is 2.79 bits per heavy atom. The summed E-state index contributed by atoms with van der Waals surface area (Å²) in [6.07, 6.45) is 2.28. The van der Waals surface area contributed by atoms with Gasteiger partial charge in [-0.2, -0.15) is 0 Å². The minimum absolute atomic E-state index is 0.366. The van der Waals surface area contributed by atoms with E-state index < -0.39 is 0 Å². The maximum absolute atomic E-state index is 11.4. The average Bonchev–Trinajstić information content (AvgIpc) is 2.45. The van der Waals surface area contributed by atoms with Crippen molar-refractivity contribution in [1.82, 2.24) is 10.3 Å². The Labute approximate surface area is 113 Å². The lowest BCUT2D eigenvalue weighted by Crippen LogP contribution is -2.30. The topological polar surface area (TPSA) is 60.5 Å². The third kappa shape index (κ3) is 3.67. The predicted octanol–water partition coefficient (Wildman–Crippen LogP) is 1.56. The molecule has 5 nitrogen and oxygen atoms in total. The maximum Gasteiger partial charge on any atom is 0.339 e. The van der Waals surface area contributed by atoms with Gasteiger partial charge in [-0.05, 0) is 44.8 Å². The smallest absolute Gasteiger partial charge is 0.339 e. The number of pyridine rings is 1. The van der Waals surface area contributed by atoms with Gasteiger partial charge in [0.1, 0.15) is 0 Å². The summed E-state index contributed by atoms with van der Waals surface area (Å²) in [5.41, 5.74) is 1.12. The number of nitrogens with zero attached hydrogens (tertiary/aromatic N) is 1. The Morgan fingerprint density at radius 2 is 2.16 bits per heavy atom. The number of aromatic nitrogens is 1. The fourth-order valence-electron chi connectivity index (χ4n) is 2.20. The summed E-state index contributed by atoms with van der Waals surface area (Å²) >= 11 is 0. The van der Waals surface area contributed by atoms with E-state index in [1.165, 1.54) is 7.11 Å². The number of esters is 1. The second-order valence-electron chi connectivity index (χ2n) is 4.78. The van der Waals surface area contributed by atoms with E-state index in [-0.39, 0.29) is 5.97 Å². The molecule has 0 unspecified atom stereocenters. The summed E-state index contributed by atoms with van der Waals surface area (Å²) in [5, 5.41) is 3.33. The predicted molar refractivity (Wildman–Crippen MR) is 71.4 cm³/mol. The molecule has 0 radical (unpaired) electrons. The van der Waals surface area contributed by atoms with Crippen LogP contribution in [0.2, 0.25) is 0 Å². The summed E-state index contributed by atoms with van der Waals surface area (Å²) in [7, 11) is 1.36. The molecule has 1 fully saturated rings. The van der Waals surface area contributed by atoms with E-state index >= 15 is 0 Å².